The van der Waals surface area contributed by atoms with Crippen LogP contribution in [0.1, 0.15) is 63.8 Å². The standard InChI is InChI=1S/C21H36N4O3/c1-15(26)23(4)14-18-12-19(22-25(18)6)17-10-8-16(9-11-17)13-24(5)20(27)21(2,3)28-7/h12,16-17H,8-11,13-14H2,1-7H3. The number of amides is 2. The average molecular weight is 393 g/mol. The fraction of sp³-hybridized carbons (Fsp3) is 0.762. The summed E-state index contributed by atoms with van der Waals surface area (Å²) in [5, 5.41) is 4.70. The molecule has 1 fully saturated rings. The van der Waals surface area contributed by atoms with E-state index in [2.05, 4.69) is 6.07 Å². The zero-order chi connectivity index (χ0) is 21.1. The van der Waals surface area contributed by atoms with Gasteiger partial charge in [-0.2, -0.15) is 5.10 Å². The predicted octanol–water partition coefficient (Wildman–Crippen LogP) is 2.56. The third-order valence-electron chi connectivity index (χ3n) is 6.10. The summed E-state index contributed by atoms with van der Waals surface area (Å²) in [4.78, 5) is 27.5. The number of hydrogen-bond acceptors (Lipinski definition) is 4. The summed E-state index contributed by atoms with van der Waals surface area (Å²) >= 11 is 0. The smallest absolute Gasteiger partial charge is 0.253 e. The van der Waals surface area contributed by atoms with Crippen LogP contribution in [-0.2, 0) is 27.9 Å². The molecular formula is C21H36N4O3. The lowest BCUT2D eigenvalue weighted by Crippen LogP contribution is -2.46. The Bertz CT molecular complexity index is 690. The Morgan fingerprint density at radius 2 is 1.82 bits per heavy atom. The largest absolute Gasteiger partial charge is 0.369 e. The zero-order valence-electron chi connectivity index (χ0n) is 18.5. The highest BCUT2D eigenvalue weighted by Crippen LogP contribution is 2.36. The molecule has 0 atom stereocenters. The molecule has 0 aromatic carbocycles. The quantitative estimate of drug-likeness (QED) is 0.715. The second kappa shape index (κ2) is 9.07. The number of ether oxygens (including phenoxy) is 1. The van der Waals surface area contributed by atoms with Gasteiger partial charge in [0.2, 0.25) is 5.91 Å². The summed E-state index contributed by atoms with van der Waals surface area (Å²) in [6, 6.07) is 2.14. The Morgan fingerprint density at radius 3 is 2.36 bits per heavy atom. The van der Waals surface area contributed by atoms with Gasteiger partial charge in [0, 0.05) is 47.6 Å². The maximum atomic E-state index is 12.5. The average Bonchev–Trinajstić information content (AvgIpc) is 3.01. The van der Waals surface area contributed by atoms with Gasteiger partial charge in [-0.25, -0.2) is 0 Å². The van der Waals surface area contributed by atoms with Gasteiger partial charge in [0.05, 0.1) is 17.9 Å². The maximum Gasteiger partial charge on any atom is 0.253 e. The molecule has 7 heteroatoms. The number of methoxy groups -OCH3 is 1. The Labute approximate surface area is 169 Å². The minimum atomic E-state index is -0.774. The number of aromatic nitrogens is 2. The summed E-state index contributed by atoms with van der Waals surface area (Å²) < 4.78 is 7.20. The molecule has 2 rings (SSSR count). The van der Waals surface area contributed by atoms with Crippen molar-refractivity contribution < 1.29 is 14.3 Å². The van der Waals surface area contributed by atoms with Crippen LogP contribution in [0.15, 0.2) is 6.07 Å². The van der Waals surface area contributed by atoms with E-state index in [9.17, 15) is 9.59 Å². The molecule has 0 spiro atoms. The molecule has 2 amide bonds. The summed E-state index contributed by atoms with van der Waals surface area (Å²) in [5.74, 6) is 1.06. The number of likely N-dealkylation sites (N-methyl/N-ethyl adjacent to an activating group) is 1. The summed E-state index contributed by atoms with van der Waals surface area (Å²) in [6.07, 6.45) is 4.35. The van der Waals surface area contributed by atoms with E-state index in [1.807, 2.05) is 44.6 Å². The van der Waals surface area contributed by atoms with Crippen molar-refractivity contribution >= 4 is 11.8 Å². The van der Waals surface area contributed by atoms with Gasteiger partial charge in [0.1, 0.15) is 5.60 Å². The van der Waals surface area contributed by atoms with Gasteiger partial charge >= 0.3 is 0 Å². The van der Waals surface area contributed by atoms with Crippen molar-refractivity contribution in [3.63, 3.8) is 0 Å². The highest BCUT2D eigenvalue weighted by atomic mass is 16.5. The molecule has 0 saturated heterocycles. The molecule has 7 nitrogen and oxygen atoms in total. The van der Waals surface area contributed by atoms with Gasteiger partial charge in [0.25, 0.3) is 5.91 Å². The molecular weight excluding hydrogens is 356 g/mol. The Morgan fingerprint density at radius 1 is 1.21 bits per heavy atom. The summed E-state index contributed by atoms with van der Waals surface area (Å²) in [7, 11) is 7.19. The molecule has 1 saturated carbocycles. The van der Waals surface area contributed by atoms with Crippen LogP contribution >= 0.6 is 0 Å². The molecule has 0 bridgehead atoms. The lowest BCUT2D eigenvalue weighted by molar-refractivity contribution is -0.150. The molecule has 1 aliphatic carbocycles. The number of carbonyl (C=O) groups excluding carboxylic acids is 2. The topological polar surface area (TPSA) is 67.7 Å². The SMILES string of the molecule is COC(C)(C)C(=O)N(C)CC1CCC(c2cc(CN(C)C(C)=O)n(C)n2)CC1. The number of nitrogens with zero attached hydrogens (tertiary/aromatic N) is 4. The first-order chi connectivity index (χ1) is 13.0. The minimum absolute atomic E-state index is 0.0288. The van der Waals surface area contributed by atoms with Gasteiger partial charge in [-0.15, -0.1) is 0 Å². The Hall–Kier alpha value is -1.89. The van der Waals surface area contributed by atoms with Crippen LogP contribution in [0.4, 0.5) is 0 Å². The number of hydrogen-bond donors (Lipinski definition) is 0. The molecule has 0 N–H and O–H groups in total. The van der Waals surface area contributed by atoms with Crippen molar-refractivity contribution in [2.24, 2.45) is 13.0 Å². The monoisotopic (exact) mass is 392 g/mol. The van der Waals surface area contributed by atoms with Crippen LogP contribution < -0.4 is 0 Å². The van der Waals surface area contributed by atoms with Crippen LogP contribution in [0.5, 0.6) is 0 Å². The highest BCUT2D eigenvalue weighted by molar-refractivity contribution is 5.84. The van der Waals surface area contributed by atoms with Crippen molar-refractivity contribution in [2.45, 2.75) is 64.5 Å². The fourth-order valence-electron chi connectivity index (χ4n) is 3.89. The number of rotatable bonds is 7. The fourth-order valence-corrected chi connectivity index (χ4v) is 3.89. The van der Waals surface area contributed by atoms with Crippen LogP contribution in [0, 0.1) is 5.92 Å². The van der Waals surface area contributed by atoms with Gasteiger partial charge in [-0.3, -0.25) is 14.3 Å². The van der Waals surface area contributed by atoms with Crippen molar-refractivity contribution in [2.75, 3.05) is 27.7 Å². The number of aryl methyl sites for hydroxylation is 1. The summed E-state index contributed by atoms with van der Waals surface area (Å²) in [5.41, 5.74) is 1.41. The van der Waals surface area contributed by atoms with Crippen molar-refractivity contribution in [1.29, 1.82) is 0 Å². The van der Waals surface area contributed by atoms with Crippen LogP contribution in [0.3, 0.4) is 0 Å². The van der Waals surface area contributed by atoms with E-state index in [-0.39, 0.29) is 11.8 Å². The van der Waals surface area contributed by atoms with E-state index in [1.165, 1.54) is 0 Å². The molecule has 158 valence electrons. The minimum Gasteiger partial charge on any atom is -0.369 e. The van der Waals surface area contributed by atoms with Crippen molar-refractivity contribution in [3.8, 4) is 0 Å². The third-order valence-corrected chi connectivity index (χ3v) is 6.10. The van der Waals surface area contributed by atoms with E-state index in [0.29, 0.717) is 18.4 Å². The van der Waals surface area contributed by atoms with E-state index >= 15 is 0 Å². The molecule has 0 aliphatic heterocycles. The second-order valence-electron chi connectivity index (χ2n) is 8.68. The first-order valence-electron chi connectivity index (χ1n) is 10.1. The van der Waals surface area contributed by atoms with E-state index in [1.54, 1.807) is 18.9 Å². The van der Waals surface area contributed by atoms with Crippen LogP contribution in [-0.4, -0.2) is 64.7 Å². The molecule has 1 heterocycles. The Kier molecular flexibility index (Phi) is 7.26. The van der Waals surface area contributed by atoms with E-state index in [4.69, 9.17) is 9.84 Å². The van der Waals surface area contributed by atoms with Gasteiger partial charge in [-0.1, -0.05) is 0 Å². The van der Waals surface area contributed by atoms with Gasteiger partial charge in [0.15, 0.2) is 0 Å². The molecule has 1 aromatic heterocycles. The van der Waals surface area contributed by atoms with Gasteiger partial charge in [-0.05, 0) is 51.5 Å². The zero-order valence-corrected chi connectivity index (χ0v) is 18.5. The molecule has 0 unspecified atom stereocenters. The first kappa shape index (κ1) is 22.4. The second-order valence-corrected chi connectivity index (χ2v) is 8.68. The predicted molar refractivity (Wildman–Crippen MR) is 109 cm³/mol. The molecule has 28 heavy (non-hydrogen) atoms. The molecule has 1 aliphatic rings. The van der Waals surface area contributed by atoms with E-state index < -0.39 is 5.60 Å². The van der Waals surface area contributed by atoms with Crippen LogP contribution in [0.2, 0.25) is 0 Å². The van der Waals surface area contributed by atoms with Crippen molar-refractivity contribution in [3.05, 3.63) is 17.5 Å². The number of carbonyl (C=O) groups is 2. The normalized spacial score (nSPS) is 20.1. The highest BCUT2D eigenvalue weighted by Gasteiger charge is 2.32. The van der Waals surface area contributed by atoms with Crippen molar-refractivity contribution in [1.82, 2.24) is 19.6 Å². The molecule has 1 aromatic rings. The molecule has 0 radical (unpaired) electrons. The van der Waals surface area contributed by atoms with Crippen LogP contribution in [0.25, 0.3) is 0 Å². The maximum absolute atomic E-state index is 12.5. The lowest BCUT2D eigenvalue weighted by Gasteiger charge is -2.33. The first-order valence-corrected chi connectivity index (χ1v) is 10.1. The van der Waals surface area contributed by atoms with Gasteiger partial charge < -0.3 is 14.5 Å². The Balaban J connectivity index is 1.90. The summed E-state index contributed by atoms with van der Waals surface area (Å²) in [6.45, 7) is 6.55. The lowest BCUT2D eigenvalue weighted by atomic mass is 9.80. The third kappa shape index (κ3) is 5.34. The van der Waals surface area contributed by atoms with E-state index in [0.717, 1.165) is 43.6 Å².